The van der Waals surface area contributed by atoms with Gasteiger partial charge in [-0.2, -0.15) is 0 Å². The molecule has 0 spiro atoms. The average Bonchev–Trinajstić information content (AvgIpc) is 3.85. The molecule has 0 unspecified atom stereocenters. The zero-order chi connectivity index (χ0) is 29.6. The molecule has 2 saturated carbocycles. The summed E-state index contributed by atoms with van der Waals surface area (Å²) >= 11 is 0. The smallest absolute Gasteiger partial charge is 0.274 e. The van der Waals surface area contributed by atoms with Gasteiger partial charge >= 0.3 is 0 Å². The Morgan fingerprint density at radius 3 is 2.39 bits per heavy atom. The zero-order valence-electron chi connectivity index (χ0n) is 24.6. The standard InChI is InChI=1S/C32H43N3O6/c1-20(2)14-25(29(37)32(3)12-13-32)33-30(38)23(15-21-8-6-5-7-9-21)17-28(36)27(19-40-4)34-31(39)26-18-24(41-35-26)16-22-10-11-22/h5-9,18,20,22-23,25,27H,10-17,19H2,1-4H3,(H,33,38)(H,34,39)/t23-,25+,27+/m1/s1. The molecule has 2 aliphatic carbocycles. The molecule has 2 aliphatic rings. The van der Waals surface area contributed by atoms with Crippen molar-refractivity contribution < 1.29 is 28.4 Å². The number of hydrogen-bond acceptors (Lipinski definition) is 7. The van der Waals surface area contributed by atoms with E-state index in [9.17, 15) is 19.2 Å². The highest BCUT2D eigenvalue weighted by molar-refractivity contribution is 5.98. The van der Waals surface area contributed by atoms with Crippen LogP contribution in [0.2, 0.25) is 0 Å². The molecule has 0 radical (unpaired) electrons. The minimum Gasteiger partial charge on any atom is -0.382 e. The van der Waals surface area contributed by atoms with Gasteiger partial charge < -0.3 is 19.9 Å². The predicted molar refractivity (Wildman–Crippen MR) is 153 cm³/mol. The van der Waals surface area contributed by atoms with E-state index in [0.29, 0.717) is 24.5 Å². The summed E-state index contributed by atoms with van der Waals surface area (Å²) in [5.74, 6) is -0.434. The van der Waals surface area contributed by atoms with E-state index in [-0.39, 0.29) is 47.5 Å². The van der Waals surface area contributed by atoms with E-state index in [2.05, 4.69) is 15.8 Å². The van der Waals surface area contributed by atoms with Crippen molar-refractivity contribution in [2.45, 2.75) is 84.2 Å². The summed E-state index contributed by atoms with van der Waals surface area (Å²) in [5.41, 5.74) is 0.627. The van der Waals surface area contributed by atoms with Crippen molar-refractivity contribution in [3.05, 3.63) is 53.4 Å². The summed E-state index contributed by atoms with van der Waals surface area (Å²) in [7, 11) is 1.45. The van der Waals surface area contributed by atoms with Crippen LogP contribution < -0.4 is 10.6 Å². The lowest BCUT2D eigenvalue weighted by atomic mass is 9.88. The maximum absolute atomic E-state index is 13.7. The Labute approximate surface area is 242 Å². The summed E-state index contributed by atoms with van der Waals surface area (Å²) in [6.07, 6.45) is 5.43. The van der Waals surface area contributed by atoms with Crippen LogP contribution >= 0.6 is 0 Å². The number of ketones is 2. The maximum Gasteiger partial charge on any atom is 0.274 e. The molecule has 2 amide bonds. The number of aromatic nitrogens is 1. The molecule has 2 fully saturated rings. The van der Waals surface area contributed by atoms with Crippen LogP contribution in [0, 0.1) is 23.2 Å². The predicted octanol–water partition coefficient (Wildman–Crippen LogP) is 4.09. The van der Waals surface area contributed by atoms with Gasteiger partial charge in [-0.3, -0.25) is 19.2 Å². The first-order chi connectivity index (χ1) is 19.6. The second-order valence-electron chi connectivity index (χ2n) is 12.5. The van der Waals surface area contributed by atoms with Crippen LogP contribution in [0.3, 0.4) is 0 Å². The van der Waals surface area contributed by atoms with Crippen LogP contribution in [0.5, 0.6) is 0 Å². The van der Waals surface area contributed by atoms with E-state index in [4.69, 9.17) is 9.26 Å². The van der Waals surface area contributed by atoms with Crippen molar-refractivity contribution in [1.29, 1.82) is 0 Å². The fourth-order valence-corrected chi connectivity index (χ4v) is 5.12. The monoisotopic (exact) mass is 565 g/mol. The van der Waals surface area contributed by atoms with Crippen molar-refractivity contribution in [2.75, 3.05) is 13.7 Å². The van der Waals surface area contributed by atoms with Crippen LogP contribution in [0.4, 0.5) is 0 Å². The van der Waals surface area contributed by atoms with Crippen LogP contribution in [-0.4, -0.2) is 54.3 Å². The molecule has 2 N–H and O–H groups in total. The minimum atomic E-state index is -0.972. The largest absolute Gasteiger partial charge is 0.382 e. The van der Waals surface area contributed by atoms with Gasteiger partial charge in [0.25, 0.3) is 5.91 Å². The van der Waals surface area contributed by atoms with Gasteiger partial charge in [0.1, 0.15) is 11.8 Å². The first kappa shape index (κ1) is 30.6. The zero-order valence-corrected chi connectivity index (χ0v) is 24.6. The fourth-order valence-electron chi connectivity index (χ4n) is 5.12. The molecule has 9 nitrogen and oxygen atoms in total. The van der Waals surface area contributed by atoms with E-state index in [1.807, 2.05) is 51.1 Å². The third-order valence-corrected chi connectivity index (χ3v) is 8.08. The van der Waals surface area contributed by atoms with Gasteiger partial charge in [0.2, 0.25) is 5.91 Å². The lowest BCUT2D eigenvalue weighted by molar-refractivity contribution is -0.134. The number of rotatable bonds is 17. The van der Waals surface area contributed by atoms with Gasteiger partial charge in [0.15, 0.2) is 17.3 Å². The molecule has 222 valence electrons. The van der Waals surface area contributed by atoms with Crippen LogP contribution in [0.25, 0.3) is 0 Å². The summed E-state index contributed by atoms with van der Waals surface area (Å²) in [5, 5.41) is 9.59. The molecule has 1 aromatic carbocycles. The maximum atomic E-state index is 13.7. The number of nitrogens with zero attached hydrogens (tertiary/aromatic N) is 1. The highest BCUT2D eigenvalue weighted by Gasteiger charge is 2.48. The number of carbonyl (C=O) groups is 4. The number of ether oxygens (including phenoxy) is 1. The summed E-state index contributed by atoms with van der Waals surface area (Å²) < 4.78 is 10.6. The third kappa shape index (κ3) is 8.83. The first-order valence-corrected chi connectivity index (χ1v) is 14.7. The Balaban J connectivity index is 1.46. The number of carbonyl (C=O) groups excluding carboxylic acids is 4. The Bertz CT molecular complexity index is 1220. The lowest BCUT2D eigenvalue weighted by Crippen LogP contribution is -2.49. The summed E-state index contributed by atoms with van der Waals surface area (Å²) in [6.45, 7) is 5.94. The molecule has 0 aliphatic heterocycles. The minimum absolute atomic E-state index is 0.0517. The normalized spacial score (nSPS) is 17.9. The number of methoxy groups -OCH3 is 1. The van der Waals surface area contributed by atoms with Gasteiger partial charge in [-0.05, 0) is 55.9 Å². The summed E-state index contributed by atoms with van der Waals surface area (Å²) in [4.78, 5) is 53.4. The molecule has 1 heterocycles. The highest BCUT2D eigenvalue weighted by atomic mass is 16.5. The second kappa shape index (κ2) is 13.6. The molecule has 9 heteroatoms. The fraction of sp³-hybridized carbons (Fsp3) is 0.594. The van der Waals surface area contributed by atoms with Gasteiger partial charge in [-0.15, -0.1) is 0 Å². The molecule has 4 rings (SSSR count). The molecule has 2 aromatic rings. The Kier molecular flexibility index (Phi) is 10.1. The average molecular weight is 566 g/mol. The Hall–Kier alpha value is -3.33. The van der Waals surface area contributed by atoms with E-state index in [1.165, 1.54) is 7.11 Å². The third-order valence-electron chi connectivity index (χ3n) is 8.08. The molecular weight excluding hydrogens is 522 g/mol. The Morgan fingerprint density at radius 2 is 1.78 bits per heavy atom. The Morgan fingerprint density at radius 1 is 1.07 bits per heavy atom. The van der Waals surface area contributed by atoms with Crippen LogP contribution in [-0.2, 0) is 32.0 Å². The number of hydrogen-bond donors (Lipinski definition) is 2. The lowest BCUT2D eigenvalue weighted by Gasteiger charge is -2.26. The molecule has 0 saturated heterocycles. The van der Waals surface area contributed by atoms with Crippen LogP contribution in [0.15, 0.2) is 40.9 Å². The van der Waals surface area contributed by atoms with Crippen molar-refractivity contribution in [3.8, 4) is 0 Å². The second-order valence-corrected chi connectivity index (χ2v) is 12.5. The van der Waals surface area contributed by atoms with Crippen LogP contribution in [0.1, 0.15) is 81.1 Å². The molecule has 41 heavy (non-hydrogen) atoms. The SMILES string of the molecule is COC[C@H](NC(=O)c1cc(CC2CC2)on1)C(=O)C[C@@H](Cc1ccccc1)C(=O)N[C@@H](CC(C)C)C(=O)C1(C)CC1. The van der Waals surface area contributed by atoms with E-state index >= 15 is 0 Å². The summed E-state index contributed by atoms with van der Waals surface area (Å²) in [6, 6.07) is 9.51. The topological polar surface area (TPSA) is 128 Å². The number of amides is 2. The van der Waals surface area contributed by atoms with Gasteiger partial charge in [-0.1, -0.05) is 56.3 Å². The van der Waals surface area contributed by atoms with Gasteiger partial charge in [0, 0.05) is 37.4 Å². The van der Waals surface area contributed by atoms with Crippen molar-refractivity contribution >= 4 is 23.4 Å². The van der Waals surface area contributed by atoms with E-state index in [1.54, 1.807) is 6.07 Å². The van der Waals surface area contributed by atoms with Crippen molar-refractivity contribution in [2.24, 2.45) is 23.2 Å². The number of benzene rings is 1. The van der Waals surface area contributed by atoms with Gasteiger partial charge in [0.05, 0.1) is 12.6 Å². The van der Waals surface area contributed by atoms with E-state index in [0.717, 1.165) is 37.7 Å². The number of nitrogens with one attached hydrogen (secondary N) is 2. The molecule has 1 aromatic heterocycles. The first-order valence-electron chi connectivity index (χ1n) is 14.7. The van der Waals surface area contributed by atoms with Crippen molar-refractivity contribution in [3.63, 3.8) is 0 Å². The quantitative estimate of drug-likeness (QED) is 0.296. The molecule has 3 atom stereocenters. The van der Waals surface area contributed by atoms with Gasteiger partial charge in [-0.25, -0.2) is 0 Å². The molecular formula is C32H43N3O6. The highest BCUT2D eigenvalue weighted by Crippen LogP contribution is 2.47. The van der Waals surface area contributed by atoms with Crippen molar-refractivity contribution in [1.82, 2.24) is 15.8 Å². The van der Waals surface area contributed by atoms with E-state index < -0.39 is 23.9 Å². The number of Topliss-reactive ketones (excluding diaryl/α,β-unsaturated/α-hetero) is 2. The molecule has 0 bridgehead atoms.